The molecule has 37 heavy (non-hydrogen) atoms. The van der Waals surface area contributed by atoms with Crippen LogP contribution in [0.4, 0.5) is 16.2 Å². The molecule has 6 rings (SSSR count). The zero-order valence-corrected chi connectivity index (χ0v) is 20.6. The molecule has 3 aliphatic heterocycles. The number of nitrogens with zero attached hydrogens (tertiary/aromatic N) is 4. The minimum Gasteiger partial charge on any atom is -0.350 e. The minimum atomic E-state index is -0.559. The number of carbonyl (C=O) groups excluding carboxylic acids is 3. The summed E-state index contributed by atoms with van der Waals surface area (Å²) in [5, 5.41) is 6.27. The molecule has 3 aromatic rings. The lowest BCUT2D eigenvalue weighted by Gasteiger charge is -2.34. The van der Waals surface area contributed by atoms with Crippen molar-refractivity contribution in [3.05, 3.63) is 79.1 Å². The molecule has 0 aliphatic carbocycles. The van der Waals surface area contributed by atoms with Crippen LogP contribution in [0.15, 0.2) is 78.6 Å². The molecule has 3 atom stereocenters. The second kappa shape index (κ2) is 9.36. The Morgan fingerprint density at radius 2 is 1.95 bits per heavy atom. The number of hydrogen-bond donors (Lipinski definition) is 2. The van der Waals surface area contributed by atoms with E-state index in [1.54, 1.807) is 28.3 Å². The molecule has 2 unspecified atom stereocenters. The topological polar surface area (TPSA) is 108 Å². The van der Waals surface area contributed by atoms with Gasteiger partial charge in [-0.15, -0.1) is 0 Å². The first kappa shape index (κ1) is 23.2. The van der Waals surface area contributed by atoms with Gasteiger partial charge in [0, 0.05) is 42.7 Å². The van der Waals surface area contributed by atoms with E-state index in [-0.39, 0.29) is 23.9 Å². The number of amides is 4. The van der Waals surface area contributed by atoms with Gasteiger partial charge >= 0.3 is 6.03 Å². The summed E-state index contributed by atoms with van der Waals surface area (Å²) in [5.74, 6) is -0.319. The van der Waals surface area contributed by atoms with Crippen LogP contribution in [0.25, 0.3) is 11.3 Å². The fourth-order valence-corrected chi connectivity index (χ4v) is 6.33. The highest BCUT2D eigenvalue weighted by Crippen LogP contribution is 2.50. The zero-order valence-electron chi connectivity index (χ0n) is 19.8. The van der Waals surface area contributed by atoms with Crippen LogP contribution in [0.5, 0.6) is 0 Å². The summed E-state index contributed by atoms with van der Waals surface area (Å²) in [6.45, 7) is 4.55. The smallest absolute Gasteiger partial charge is 0.327 e. The van der Waals surface area contributed by atoms with Gasteiger partial charge in [-0.05, 0) is 30.7 Å². The van der Waals surface area contributed by atoms with Crippen molar-refractivity contribution in [1.29, 1.82) is 0 Å². The lowest BCUT2D eigenvalue weighted by atomic mass is 9.99. The fraction of sp³-hybridized carbons (Fsp3) is 0.222. The average molecular weight is 513 g/mol. The van der Waals surface area contributed by atoms with Gasteiger partial charge in [0.1, 0.15) is 10.3 Å². The first-order chi connectivity index (χ1) is 18.0. The highest BCUT2D eigenvalue weighted by atomic mass is 32.2. The maximum Gasteiger partial charge on any atom is 0.327 e. The van der Waals surface area contributed by atoms with E-state index in [0.29, 0.717) is 30.9 Å². The second-order valence-electron chi connectivity index (χ2n) is 9.10. The molecule has 1 aromatic carbocycles. The van der Waals surface area contributed by atoms with Crippen LogP contribution < -0.4 is 15.5 Å². The van der Waals surface area contributed by atoms with Gasteiger partial charge in [0.15, 0.2) is 0 Å². The van der Waals surface area contributed by atoms with E-state index in [1.807, 2.05) is 42.5 Å². The van der Waals surface area contributed by atoms with Gasteiger partial charge in [0.2, 0.25) is 11.8 Å². The van der Waals surface area contributed by atoms with Crippen LogP contribution in [0, 0.1) is 0 Å². The first-order valence-electron chi connectivity index (χ1n) is 12.0. The van der Waals surface area contributed by atoms with Gasteiger partial charge in [-0.2, -0.15) is 0 Å². The number of anilines is 2. The molecule has 5 heterocycles. The highest BCUT2D eigenvalue weighted by Gasteiger charge is 2.47. The van der Waals surface area contributed by atoms with Gasteiger partial charge < -0.3 is 15.5 Å². The number of rotatable bonds is 5. The van der Waals surface area contributed by atoms with Crippen LogP contribution in [0.1, 0.15) is 18.0 Å². The maximum atomic E-state index is 13.4. The third kappa shape index (κ3) is 4.13. The fourth-order valence-electron chi connectivity index (χ4n) is 5.10. The molecule has 186 valence electrons. The van der Waals surface area contributed by atoms with Gasteiger partial charge in [-0.25, -0.2) is 9.78 Å². The average Bonchev–Trinajstić information content (AvgIpc) is 3.54. The van der Waals surface area contributed by atoms with Crippen molar-refractivity contribution in [3.8, 4) is 11.3 Å². The summed E-state index contributed by atoms with van der Waals surface area (Å²) in [5.41, 5.74) is 3.92. The van der Waals surface area contributed by atoms with Crippen molar-refractivity contribution in [3.63, 3.8) is 0 Å². The van der Waals surface area contributed by atoms with E-state index < -0.39 is 11.3 Å². The number of thioether (sulfide) groups is 1. The standard InChI is InChI=1S/C27H24N6O3S/c1-2-21(34)32-13-10-17(15-32)30-25(35)24-23-22-20(9-12-29-26(22)37-24)33(27(36)31-23)18-8-11-28-19(14-18)16-6-4-3-5-7-16/h2-9,11-12,14,17,23-24H,1,10,13,15H2,(H,30,35)(H,31,36)/t17?,23?,24-/m1/s1. The van der Waals surface area contributed by atoms with Crippen LogP contribution >= 0.6 is 11.8 Å². The summed E-state index contributed by atoms with van der Waals surface area (Å²) < 4.78 is 0. The largest absolute Gasteiger partial charge is 0.350 e. The predicted molar refractivity (Wildman–Crippen MR) is 140 cm³/mol. The van der Waals surface area contributed by atoms with Gasteiger partial charge in [-0.1, -0.05) is 48.7 Å². The third-order valence-electron chi connectivity index (χ3n) is 6.86. The Balaban J connectivity index is 1.26. The van der Waals surface area contributed by atoms with Crippen LogP contribution in [0.3, 0.4) is 0 Å². The molecule has 3 aliphatic rings. The highest BCUT2D eigenvalue weighted by molar-refractivity contribution is 8.01. The van der Waals surface area contributed by atoms with E-state index >= 15 is 0 Å². The van der Waals surface area contributed by atoms with Crippen molar-refractivity contribution >= 4 is 41.0 Å². The number of pyridine rings is 2. The molecular formula is C27H24N6O3S. The van der Waals surface area contributed by atoms with Gasteiger partial charge in [0.25, 0.3) is 0 Å². The molecule has 4 amide bonds. The van der Waals surface area contributed by atoms with E-state index in [1.165, 1.54) is 17.8 Å². The van der Waals surface area contributed by atoms with Crippen molar-refractivity contribution in [2.75, 3.05) is 18.0 Å². The van der Waals surface area contributed by atoms with Crippen molar-refractivity contribution in [2.24, 2.45) is 0 Å². The van der Waals surface area contributed by atoms with E-state index in [2.05, 4.69) is 27.2 Å². The summed E-state index contributed by atoms with van der Waals surface area (Å²) in [7, 11) is 0. The van der Waals surface area contributed by atoms with Gasteiger partial charge in [-0.3, -0.25) is 19.5 Å². The number of likely N-dealkylation sites (tertiary alicyclic amines) is 1. The van der Waals surface area contributed by atoms with E-state index in [9.17, 15) is 14.4 Å². The number of nitrogens with one attached hydrogen (secondary N) is 2. The summed E-state index contributed by atoms with van der Waals surface area (Å²) in [4.78, 5) is 50.9. The lowest BCUT2D eigenvalue weighted by Crippen LogP contribution is -2.50. The molecule has 1 fully saturated rings. The van der Waals surface area contributed by atoms with Crippen molar-refractivity contribution in [1.82, 2.24) is 25.5 Å². The Kier molecular flexibility index (Phi) is 5.88. The van der Waals surface area contributed by atoms with Crippen LogP contribution in [-0.2, 0) is 9.59 Å². The van der Waals surface area contributed by atoms with E-state index in [4.69, 9.17) is 0 Å². The predicted octanol–water partition coefficient (Wildman–Crippen LogP) is 3.42. The minimum absolute atomic E-state index is 0.139. The number of carbonyl (C=O) groups is 3. The molecule has 0 spiro atoms. The third-order valence-corrected chi connectivity index (χ3v) is 8.15. The maximum absolute atomic E-state index is 13.4. The molecule has 0 bridgehead atoms. The van der Waals surface area contributed by atoms with Crippen LogP contribution in [-0.4, -0.2) is 57.1 Å². The van der Waals surface area contributed by atoms with Crippen molar-refractivity contribution < 1.29 is 14.4 Å². The number of hydrogen-bond acceptors (Lipinski definition) is 6. The number of benzene rings is 1. The summed E-state index contributed by atoms with van der Waals surface area (Å²) >= 11 is 1.35. The SMILES string of the molecule is C=CC(=O)N1CCC(NC(=O)[C@@H]2Sc3nccc4c3C2NC(=O)N4c2ccnc(-c3ccccc3)c2)C1. The van der Waals surface area contributed by atoms with Crippen LogP contribution in [0.2, 0.25) is 0 Å². The molecule has 2 aromatic heterocycles. The molecule has 10 heteroatoms. The summed E-state index contributed by atoms with van der Waals surface area (Å²) in [6, 6.07) is 14.3. The first-order valence-corrected chi connectivity index (χ1v) is 12.9. The van der Waals surface area contributed by atoms with Gasteiger partial charge in [0.05, 0.1) is 23.1 Å². The molecule has 0 radical (unpaired) electrons. The molecule has 2 N–H and O–H groups in total. The Morgan fingerprint density at radius 1 is 1.14 bits per heavy atom. The Morgan fingerprint density at radius 3 is 2.76 bits per heavy atom. The molecule has 9 nitrogen and oxygen atoms in total. The molecule has 0 saturated carbocycles. The Bertz CT molecular complexity index is 1410. The molecule has 1 saturated heterocycles. The van der Waals surface area contributed by atoms with E-state index in [0.717, 1.165) is 21.8 Å². The Hall–Kier alpha value is -4.18. The normalized spacial score (nSPS) is 21.8. The monoisotopic (exact) mass is 512 g/mol. The van der Waals surface area contributed by atoms with Crippen molar-refractivity contribution in [2.45, 2.75) is 28.8 Å². The number of aromatic nitrogens is 2. The summed E-state index contributed by atoms with van der Waals surface area (Å²) in [6.07, 6.45) is 5.32. The lowest BCUT2D eigenvalue weighted by molar-refractivity contribution is -0.126. The second-order valence-corrected chi connectivity index (χ2v) is 10.2. The quantitative estimate of drug-likeness (QED) is 0.508. The Labute approximate surface area is 218 Å². The number of urea groups is 1. The zero-order chi connectivity index (χ0) is 25.5. The molecular weight excluding hydrogens is 488 g/mol.